The van der Waals surface area contributed by atoms with Crippen LogP contribution in [0.5, 0.6) is 0 Å². The Morgan fingerprint density at radius 2 is 0.333 bits per heavy atom. The Kier molecular flexibility index (Phi) is 963. The van der Waals surface area contributed by atoms with Crippen LogP contribution < -0.4 is 204 Å². The fourth-order valence-electron chi connectivity index (χ4n) is 0. The van der Waals surface area contributed by atoms with Crippen molar-refractivity contribution in [3.8, 4) is 0 Å². The minimum absolute atomic E-state index is 0. The van der Waals surface area contributed by atoms with Crippen molar-refractivity contribution < 1.29 is 262 Å². The summed E-state index contributed by atoms with van der Waals surface area (Å²) in [6.45, 7) is 0. The third kappa shape index (κ3) is 2410. The van der Waals surface area contributed by atoms with Gasteiger partial charge in [0.2, 0.25) is 0 Å². The maximum atomic E-state index is 8.25. The Morgan fingerprint density at radius 1 is 0.333 bits per heavy atom. The van der Waals surface area contributed by atoms with Gasteiger partial charge in [0.1, 0.15) is 0 Å². The molecule has 0 atom stereocenters. The Labute approximate surface area is 367 Å². The first-order valence-electron chi connectivity index (χ1n) is 2.19. The summed E-state index contributed by atoms with van der Waals surface area (Å²) in [5.74, 6) is 0. The van der Waals surface area contributed by atoms with E-state index in [0.29, 0.717) is 0 Å². The predicted molar refractivity (Wildman–Crippen MR) is 77.3 cm³/mol. The maximum absolute atomic E-state index is 8.25. The van der Waals surface area contributed by atoms with Crippen LogP contribution in [0.4, 0.5) is 0 Å². The third-order valence-electron chi connectivity index (χ3n) is 0. The number of halogens is 4. The molecule has 0 aromatic heterocycles. The molecule has 0 saturated heterocycles. The van der Waals surface area contributed by atoms with Gasteiger partial charge in [0.15, 0.2) is 0 Å². The van der Waals surface area contributed by atoms with E-state index < -0.39 is 20.3 Å². The van der Waals surface area contributed by atoms with Gasteiger partial charge in [-0.15, -0.1) is 0 Å². The summed E-state index contributed by atoms with van der Waals surface area (Å²) in [6.07, 6.45) is 0. The molecule has 0 aliphatic rings. The first-order chi connectivity index (χ1) is 6.93. The summed E-state index contributed by atoms with van der Waals surface area (Å²) < 4.78 is 0. The molecule has 0 unspecified atom stereocenters. The molecule has 33 heteroatoms. The predicted octanol–water partition coefficient (Wildman–Crippen LogP) is -26.3. The van der Waals surface area contributed by atoms with Crippen molar-refractivity contribution in [1.82, 2.24) is 0 Å². The monoisotopic (exact) mass is 708 g/mol. The molecule has 0 aromatic rings. The average molecular weight is 710 g/mol. The van der Waals surface area contributed by atoms with E-state index in [0.717, 1.165) is 0 Å². The zero-order chi connectivity index (χ0) is 14.3. The van der Waals surface area contributed by atoms with Gasteiger partial charge in [0.05, 0.1) is 20.3 Å². The second-order valence-electron chi connectivity index (χ2n) is 0.894. The summed E-state index contributed by atoms with van der Waals surface area (Å²) in [7, 11) is 0. The molecule has 0 aliphatic heterocycles. The number of rotatable bonds is 0. The van der Waals surface area contributed by atoms with Crippen LogP contribution >= 0.6 is 0 Å². The van der Waals surface area contributed by atoms with Gasteiger partial charge in [-0.2, -0.15) is 0 Å². The van der Waals surface area contributed by atoms with Gasteiger partial charge in [-0.3, -0.25) is 0 Å². The van der Waals surface area contributed by atoms with Gasteiger partial charge in [0.25, 0.3) is 0 Å². The summed E-state index contributed by atoms with van der Waals surface area (Å²) in [6, 6.07) is 0. The summed E-state index contributed by atoms with van der Waals surface area (Å²) in [5, 5.41) is 59.0. The molecule has 0 bridgehead atoms. The molecule has 0 aliphatic carbocycles. The molecule has 0 fully saturated rings. The van der Waals surface area contributed by atoms with Crippen molar-refractivity contribution in [3.63, 3.8) is 0 Å². The Balaban J connectivity index is -0.00000000261. The molecule has 0 rings (SSSR count). The maximum Gasteiger partial charge on any atom is 3.00 e. The van der Waals surface area contributed by atoms with E-state index >= 15 is 0 Å². The molecule has 0 amide bonds. The second kappa shape index (κ2) is 171. The van der Waals surface area contributed by atoms with E-state index in [4.69, 9.17) is 61.3 Å². The van der Waals surface area contributed by atoms with Gasteiger partial charge < -0.3 is 149 Å². The summed E-state index contributed by atoms with van der Waals surface area (Å²) in [5.41, 5.74) is 0. The average Bonchev–Trinajstić information content (AvgIpc) is 1.76. The minimum Gasteiger partial charge on any atom is -1.00 e. The zero-order valence-corrected chi connectivity index (χ0v) is 32.1. The Bertz CT molecular complexity index is 200. The molecule has 0 radical (unpaired) electrons. The quantitative estimate of drug-likeness (QED) is 0.128. The standard InChI is InChI=1S/3Al.4ClH.3K.4NO3.7H2O/c;;;;;;;;;;4*2-1(3)4;;;;;;;/h;;;4*1H;;;;;;;;7*1H2/q3*+3;;;;;3*+1;4*-1;;;;;;;/p-8. The molecular formula is H10Al3Cl4K3N4O19. The van der Waals surface area contributed by atoms with Crippen LogP contribution in [-0.4, -0.2) is 111 Å². The van der Waals surface area contributed by atoms with Crippen LogP contribution in [0.2, 0.25) is 0 Å². The molecule has 0 aromatic carbocycles. The summed E-state index contributed by atoms with van der Waals surface area (Å²) >= 11 is 0. The largest absolute Gasteiger partial charge is 3.00 e. The van der Waals surface area contributed by atoms with Gasteiger partial charge in [0, 0.05) is 0 Å². The minimum atomic E-state index is -1.75. The van der Waals surface area contributed by atoms with Gasteiger partial charge in [-0.05, 0) is 0 Å². The van der Waals surface area contributed by atoms with Crippen LogP contribution in [0.25, 0.3) is 0 Å². The normalized spacial score (nSPS) is 2.91. The molecule has 0 heterocycles. The van der Waals surface area contributed by atoms with Gasteiger partial charge in [-0.1, -0.05) is 0 Å². The Hall–Kier alpha value is 4.19. The molecule has 184 valence electrons. The fraction of sp³-hybridized carbons (Fsp3) is 0. The molecule has 33 heavy (non-hydrogen) atoms. The van der Waals surface area contributed by atoms with Crippen LogP contribution in [0.15, 0.2) is 0 Å². The van der Waals surface area contributed by atoms with Crippen molar-refractivity contribution in [2.45, 2.75) is 0 Å². The second-order valence-corrected chi connectivity index (χ2v) is 0.894. The van der Waals surface area contributed by atoms with E-state index in [1.165, 1.54) is 0 Å². The van der Waals surface area contributed by atoms with Crippen LogP contribution in [0.3, 0.4) is 0 Å². The van der Waals surface area contributed by atoms with Crippen LogP contribution in [0.1, 0.15) is 0 Å². The SMILES string of the molecule is O.O.O.O=[N+]([O-])[O-].O=[N+]([O-])[O-].O=[N+]([O-])[O-].O=[N+]([O-])[O-].[Al+3].[Al+3].[Al+3].[Cl-].[Cl-].[Cl-].[Cl-].[K+].[K+].[K+].[OH-].[OH-].[OH-].[OH-]. The van der Waals surface area contributed by atoms with E-state index in [1.807, 2.05) is 0 Å². The van der Waals surface area contributed by atoms with Crippen LogP contribution in [0, 0.1) is 61.3 Å². The van der Waals surface area contributed by atoms with E-state index in [1.54, 1.807) is 0 Å². The zero-order valence-electron chi connectivity index (χ0n) is 16.2. The van der Waals surface area contributed by atoms with Crippen molar-refractivity contribution in [2.24, 2.45) is 0 Å². The van der Waals surface area contributed by atoms with Crippen molar-refractivity contribution in [1.29, 1.82) is 0 Å². The van der Waals surface area contributed by atoms with Crippen molar-refractivity contribution in [3.05, 3.63) is 61.3 Å². The van der Waals surface area contributed by atoms with Gasteiger partial charge in [-0.25, -0.2) is 0 Å². The molecule has 0 spiro atoms. The molecule has 23 nitrogen and oxygen atoms in total. The number of hydrogen-bond acceptors (Lipinski definition) is 16. The van der Waals surface area contributed by atoms with E-state index in [2.05, 4.69) is 0 Å². The van der Waals surface area contributed by atoms with Gasteiger partial charge >= 0.3 is 206 Å². The molecule has 10 N–H and O–H groups in total. The topological polar surface area (TPSA) is 479 Å². The summed E-state index contributed by atoms with van der Waals surface area (Å²) in [4.78, 5) is 33.0. The fourth-order valence-corrected chi connectivity index (χ4v) is 0. The Morgan fingerprint density at radius 3 is 0.333 bits per heavy atom. The third-order valence-corrected chi connectivity index (χ3v) is 0. The molecular weight excluding hydrogens is 700 g/mol. The molecule has 0 saturated carbocycles. The van der Waals surface area contributed by atoms with Crippen molar-refractivity contribution in [2.75, 3.05) is 0 Å². The van der Waals surface area contributed by atoms with E-state index in [-0.39, 0.29) is 294 Å². The van der Waals surface area contributed by atoms with Crippen LogP contribution in [-0.2, 0) is 0 Å². The first-order valence-corrected chi connectivity index (χ1v) is 2.19. The first kappa shape index (κ1) is 186. The smallest absolute Gasteiger partial charge is 1.00 e. The number of nitrogens with zero attached hydrogens (tertiary/aromatic N) is 4. The van der Waals surface area contributed by atoms with Crippen molar-refractivity contribution >= 4 is 52.1 Å². The number of hydrogen-bond donors (Lipinski definition) is 0. The van der Waals surface area contributed by atoms with E-state index in [9.17, 15) is 0 Å².